The van der Waals surface area contributed by atoms with Gasteiger partial charge in [0.15, 0.2) is 12.2 Å². The van der Waals surface area contributed by atoms with E-state index >= 15 is 0 Å². The number of amides is 1. The van der Waals surface area contributed by atoms with Crippen LogP contribution in [0.25, 0.3) is 0 Å². The van der Waals surface area contributed by atoms with E-state index in [0.29, 0.717) is 17.2 Å². The smallest absolute Gasteiger partial charge is 0.347 e. The van der Waals surface area contributed by atoms with Crippen molar-refractivity contribution in [2.45, 2.75) is 33.0 Å². The van der Waals surface area contributed by atoms with Crippen molar-refractivity contribution >= 4 is 17.6 Å². The second-order valence-corrected chi connectivity index (χ2v) is 5.85. The van der Waals surface area contributed by atoms with Gasteiger partial charge in [0.1, 0.15) is 11.5 Å². The number of carbonyl (C=O) groups is 2. The fourth-order valence-electron chi connectivity index (χ4n) is 2.25. The third kappa shape index (κ3) is 5.24. The van der Waals surface area contributed by atoms with Gasteiger partial charge < -0.3 is 19.5 Å². The Morgan fingerprint density at radius 2 is 1.73 bits per heavy atom. The number of hydrogen-bond donors (Lipinski definition) is 1. The molecule has 0 heterocycles. The fraction of sp³-hybridized carbons (Fsp3) is 0.300. The van der Waals surface area contributed by atoms with Gasteiger partial charge in [-0.05, 0) is 50.6 Å². The maximum absolute atomic E-state index is 12.3. The highest BCUT2D eigenvalue weighted by molar-refractivity contribution is 5.96. The minimum absolute atomic E-state index is 0.453. The van der Waals surface area contributed by atoms with Crippen LogP contribution in [-0.2, 0) is 14.3 Å². The number of methoxy groups -OCH3 is 1. The maximum Gasteiger partial charge on any atom is 0.347 e. The minimum Gasteiger partial charge on any atom is -0.495 e. The van der Waals surface area contributed by atoms with Crippen LogP contribution in [0.3, 0.4) is 0 Å². The molecule has 1 amide bonds. The molecule has 0 radical (unpaired) electrons. The van der Waals surface area contributed by atoms with Crippen LogP contribution < -0.4 is 14.8 Å². The Morgan fingerprint density at radius 1 is 1.00 bits per heavy atom. The van der Waals surface area contributed by atoms with E-state index in [1.165, 1.54) is 14.0 Å². The highest BCUT2D eigenvalue weighted by Crippen LogP contribution is 2.23. The first-order valence-corrected chi connectivity index (χ1v) is 8.28. The van der Waals surface area contributed by atoms with Gasteiger partial charge in [-0.3, -0.25) is 4.79 Å². The molecule has 0 aliphatic carbocycles. The molecule has 0 bridgehead atoms. The lowest BCUT2D eigenvalue weighted by atomic mass is 10.2. The summed E-state index contributed by atoms with van der Waals surface area (Å²) >= 11 is 0. The monoisotopic (exact) mass is 357 g/mol. The summed E-state index contributed by atoms with van der Waals surface area (Å²) < 4.78 is 16.0. The van der Waals surface area contributed by atoms with Crippen LogP contribution in [0.1, 0.15) is 19.4 Å². The molecule has 0 saturated heterocycles. The molecule has 138 valence electrons. The Balaban J connectivity index is 1.92. The summed E-state index contributed by atoms with van der Waals surface area (Å²) in [5.41, 5.74) is 1.53. The number of nitrogens with one attached hydrogen (secondary N) is 1. The molecular weight excluding hydrogens is 334 g/mol. The van der Waals surface area contributed by atoms with Crippen molar-refractivity contribution in [2.24, 2.45) is 0 Å². The van der Waals surface area contributed by atoms with Crippen molar-refractivity contribution < 1.29 is 23.8 Å². The Hall–Kier alpha value is -3.02. The summed E-state index contributed by atoms with van der Waals surface area (Å²) in [4.78, 5) is 24.4. The van der Waals surface area contributed by atoms with Crippen LogP contribution in [0.4, 0.5) is 5.69 Å². The highest BCUT2D eigenvalue weighted by Gasteiger charge is 2.23. The molecule has 0 aromatic heterocycles. The largest absolute Gasteiger partial charge is 0.495 e. The molecule has 26 heavy (non-hydrogen) atoms. The second-order valence-electron chi connectivity index (χ2n) is 5.85. The molecule has 0 fully saturated rings. The van der Waals surface area contributed by atoms with E-state index in [0.717, 1.165) is 5.56 Å². The number of ether oxygens (including phenoxy) is 3. The lowest BCUT2D eigenvalue weighted by Gasteiger charge is -2.18. The maximum atomic E-state index is 12.3. The van der Waals surface area contributed by atoms with E-state index in [1.54, 1.807) is 37.3 Å². The van der Waals surface area contributed by atoms with Gasteiger partial charge in [0.2, 0.25) is 0 Å². The van der Waals surface area contributed by atoms with Gasteiger partial charge in [0.25, 0.3) is 5.91 Å². The van der Waals surface area contributed by atoms with Crippen molar-refractivity contribution in [3.05, 3.63) is 54.1 Å². The SMILES string of the molecule is COc1ccccc1NC(=O)[C@@H](C)OC(=O)[C@H](C)Oc1cccc(C)c1. The van der Waals surface area contributed by atoms with Gasteiger partial charge >= 0.3 is 5.97 Å². The fourth-order valence-corrected chi connectivity index (χ4v) is 2.25. The molecule has 0 aliphatic heterocycles. The Labute approximate surface area is 153 Å². The zero-order chi connectivity index (χ0) is 19.1. The molecule has 2 aromatic carbocycles. The normalized spacial score (nSPS) is 12.6. The van der Waals surface area contributed by atoms with E-state index in [4.69, 9.17) is 14.2 Å². The van der Waals surface area contributed by atoms with Crippen molar-refractivity contribution in [1.82, 2.24) is 0 Å². The third-order valence-corrected chi connectivity index (χ3v) is 3.66. The number of rotatable bonds is 7. The second kappa shape index (κ2) is 8.89. The van der Waals surface area contributed by atoms with Crippen molar-refractivity contribution in [1.29, 1.82) is 0 Å². The molecular formula is C20H23NO5. The number of para-hydroxylation sites is 2. The van der Waals surface area contributed by atoms with Crippen molar-refractivity contribution in [3.8, 4) is 11.5 Å². The van der Waals surface area contributed by atoms with Crippen LogP contribution in [-0.4, -0.2) is 31.2 Å². The Bertz CT molecular complexity index is 774. The molecule has 6 nitrogen and oxygen atoms in total. The zero-order valence-corrected chi connectivity index (χ0v) is 15.3. The molecule has 2 rings (SSSR count). The summed E-state index contributed by atoms with van der Waals surface area (Å²) in [5.74, 6) is 0.0240. The predicted octanol–water partition coefficient (Wildman–Crippen LogP) is 3.34. The van der Waals surface area contributed by atoms with E-state index in [-0.39, 0.29) is 0 Å². The average molecular weight is 357 g/mol. The van der Waals surface area contributed by atoms with Gasteiger partial charge in [-0.2, -0.15) is 0 Å². The molecule has 0 spiro atoms. The molecule has 6 heteroatoms. The lowest BCUT2D eigenvalue weighted by Crippen LogP contribution is -2.35. The number of anilines is 1. The van der Waals surface area contributed by atoms with Crippen LogP contribution >= 0.6 is 0 Å². The molecule has 2 atom stereocenters. The van der Waals surface area contributed by atoms with Gasteiger partial charge in [-0.1, -0.05) is 24.3 Å². The van der Waals surface area contributed by atoms with E-state index in [9.17, 15) is 9.59 Å². The molecule has 0 aliphatic rings. The van der Waals surface area contributed by atoms with Gasteiger partial charge in [0.05, 0.1) is 12.8 Å². The van der Waals surface area contributed by atoms with E-state index in [1.807, 2.05) is 25.1 Å². The van der Waals surface area contributed by atoms with Gasteiger partial charge in [-0.15, -0.1) is 0 Å². The number of carbonyl (C=O) groups excluding carboxylic acids is 2. The molecule has 0 saturated carbocycles. The van der Waals surface area contributed by atoms with E-state index < -0.39 is 24.1 Å². The third-order valence-electron chi connectivity index (χ3n) is 3.66. The summed E-state index contributed by atoms with van der Waals surface area (Å²) in [6.07, 6.45) is -1.81. The Morgan fingerprint density at radius 3 is 2.42 bits per heavy atom. The quantitative estimate of drug-likeness (QED) is 0.770. The van der Waals surface area contributed by atoms with Crippen LogP contribution in [0.5, 0.6) is 11.5 Å². The predicted molar refractivity (Wildman–Crippen MR) is 98.4 cm³/mol. The molecule has 1 N–H and O–H groups in total. The highest BCUT2D eigenvalue weighted by atomic mass is 16.6. The summed E-state index contributed by atoms with van der Waals surface area (Å²) in [6, 6.07) is 14.3. The summed E-state index contributed by atoms with van der Waals surface area (Å²) in [5, 5.41) is 2.68. The zero-order valence-electron chi connectivity index (χ0n) is 15.3. The van der Waals surface area contributed by atoms with Crippen molar-refractivity contribution in [3.63, 3.8) is 0 Å². The summed E-state index contributed by atoms with van der Waals surface area (Å²) in [7, 11) is 1.51. The molecule has 2 aromatic rings. The number of benzene rings is 2. The lowest BCUT2D eigenvalue weighted by molar-refractivity contribution is -0.159. The van der Waals surface area contributed by atoms with E-state index in [2.05, 4.69) is 5.32 Å². The number of esters is 1. The number of hydrogen-bond acceptors (Lipinski definition) is 5. The minimum atomic E-state index is -0.976. The van der Waals surface area contributed by atoms with Gasteiger partial charge in [0, 0.05) is 0 Å². The van der Waals surface area contributed by atoms with Crippen LogP contribution in [0, 0.1) is 6.92 Å². The van der Waals surface area contributed by atoms with Crippen LogP contribution in [0.15, 0.2) is 48.5 Å². The summed E-state index contributed by atoms with van der Waals surface area (Å²) in [6.45, 7) is 5.01. The Kier molecular flexibility index (Phi) is 6.60. The number of aryl methyl sites for hydroxylation is 1. The first-order valence-electron chi connectivity index (χ1n) is 8.28. The topological polar surface area (TPSA) is 73.9 Å². The van der Waals surface area contributed by atoms with Gasteiger partial charge in [-0.25, -0.2) is 4.79 Å². The average Bonchev–Trinajstić information content (AvgIpc) is 2.62. The van der Waals surface area contributed by atoms with Crippen molar-refractivity contribution in [2.75, 3.05) is 12.4 Å². The van der Waals surface area contributed by atoms with Crippen LogP contribution in [0.2, 0.25) is 0 Å². The molecule has 0 unspecified atom stereocenters. The first-order chi connectivity index (χ1) is 12.4. The first kappa shape index (κ1) is 19.3. The standard InChI is InChI=1S/C20H23NO5/c1-13-8-7-9-16(12-13)25-15(3)20(23)26-14(2)19(22)21-17-10-5-6-11-18(17)24-4/h5-12,14-15H,1-4H3,(H,21,22)/t14-,15+/m1/s1.